The van der Waals surface area contributed by atoms with Crippen LogP contribution in [0.1, 0.15) is 12.1 Å². The molecule has 1 amide bonds. The molecule has 4 rings (SSSR count). The highest BCUT2D eigenvalue weighted by atomic mass is 35.5. The molecule has 7 heteroatoms. The molecule has 6 nitrogen and oxygen atoms in total. The third kappa shape index (κ3) is 4.38. The quantitative estimate of drug-likeness (QED) is 0.370. The average molecular weight is 407 g/mol. The van der Waals surface area contributed by atoms with E-state index in [1.54, 1.807) is 12.3 Å². The van der Waals surface area contributed by atoms with Crippen molar-refractivity contribution in [2.45, 2.75) is 6.42 Å². The number of benzene rings is 1. The smallest absolute Gasteiger partial charge is 0.244 e. The highest BCUT2D eigenvalue weighted by molar-refractivity contribution is 6.31. The van der Waals surface area contributed by atoms with Crippen LogP contribution < -0.4 is 10.1 Å². The monoisotopic (exact) mass is 406 g/mol. The molecule has 0 saturated heterocycles. The number of rotatable bonds is 7. The Morgan fingerprint density at radius 3 is 3.00 bits per heavy atom. The zero-order chi connectivity index (χ0) is 20.1. The lowest BCUT2D eigenvalue weighted by Crippen LogP contribution is -2.23. The number of pyridine rings is 2. The number of ether oxygens (including phenoxy) is 1. The molecule has 0 saturated carbocycles. The van der Waals surface area contributed by atoms with Gasteiger partial charge in [-0.15, -0.1) is 0 Å². The van der Waals surface area contributed by atoms with Gasteiger partial charge in [0.15, 0.2) is 5.15 Å². The molecular formula is C22H19ClN4O2. The number of hydrogen-bond donors (Lipinski definition) is 1. The van der Waals surface area contributed by atoms with Gasteiger partial charge in [-0.3, -0.25) is 14.2 Å². The number of halogens is 1. The van der Waals surface area contributed by atoms with Crippen LogP contribution in [0.5, 0.6) is 5.75 Å². The molecule has 0 unspecified atom stereocenters. The van der Waals surface area contributed by atoms with E-state index in [0.717, 1.165) is 22.3 Å². The van der Waals surface area contributed by atoms with Gasteiger partial charge in [0.1, 0.15) is 16.9 Å². The number of para-hydroxylation sites is 1. The summed E-state index contributed by atoms with van der Waals surface area (Å²) >= 11 is 6.16. The molecule has 1 aromatic carbocycles. The van der Waals surface area contributed by atoms with Crippen molar-refractivity contribution in [2.75, 3.05) is 13.2 Å². The average Bonchev–Trinajstić information content (AvgIpc) is 3.07. The fraction of sp³-hybridized carbons (Fsp3) is 0.136. The third-order valence-corrected chi connectivity index (χ3v) is 4.67. The Kier molecular flexibility index (Phi) is 5.72. The summed E-state index contributed by atoms with van der Waals surface area (Å²) in [5, 5.41) is 4.24. The zero-order valence-corrected chi connectivity index (χ0v) is 16.3. The van der Waals surface area contributed by atoms with Gasteiger partial charge in [0.05, 0.1) is 12.3 Å². The van der Waals surface area contributed by atoms with E-state index in [9.17, 15) is 4.79 Å². The highest BCUT2D eigenvalue weighted by Crippen LogP contribution is 2.23. The fourth-order valence-corrected chi connectivity index (χ4v) is 3.25. The van der Waals surface area contributed by atoms with Crippen molar-refractivity contribution in [3.63, 3.8) is 0 Å². The zero-order valence-electron chi connectivity index (χ0n) is 15.6. The SMILES string of the molecule is O=C(/C=C/c1c(Cl)nc2ccccn12)NCCCOc1cccc2cccnc12. The summed E-state index contributed by atoms with van der Waals surface area (Å²) in [6, 6.07) is 15.4. The van der Waals surface area contributed by atoms with Crippen LogP contribution in [0.25, 0.3) is 22.6 Å². The Labute approximate surface area is 172 Å². The second kappa shape index (κ2) is 8.75. The summed E-state index contributed by atoms with van der Waals surface area (Å²) < 4.78 is 7.65. The third-order valence-electron chi connectivity index (χ3n) is 4.39. The minimum Gasteiger partial charge on any atom is -0.491 e. The van der Waals surface area contributed by atoms with Crippen LogP contribution in [0.4, 0.5) is 0 Å². The Morgan fingerprint density at radius 1 is 1.17 bits per heavy atom. The van der Waals surface area contributed by atoms with E-state index in [1.807, 2.05) is 59.1 Å². The number of nitrogens with zero attached hydrogens (tertiary/aromatic N) is 3. The number of hydrogen-bond acceptors (Lipinski definition) is 4. The molecule has 146 valence electrons. The topological polar surface area (TPSA) is 68.5 Å². The standard InChI is InChI=1S/C22H19ClN4O2/c23-22-17(27-14-2-1-9-19(27)26-22)10-11-20(28)24-13-5-15-29-18-8-3-6-16-7-4-12-25-21(16)18/h1-4,6-12,14H,5,13,15H2,(H,24,28)/b11-10+. The molecule has 0 spiro atoms. The lowest BCUT2D eigenvalue weighted by Gasteiger charge is -2.08. The van der Waals surface area contributed by atoms with Gasteiger partial charge in [0.25, 0.3) is 0 Å². The molecule has 0 fully saturated rings. The van der Waals surface area contributed by atoms with Crippen molar-refractivity contribution in [3.05, 3.63) is 77.8 Å². The van der Waals surface area contributed by atoms with Crippen molar-refractivity contribution in [3.8, 4) is 5.75 Å². The predicted octanol–water partition coefficient (Wildman–Crippen LogP) is 4.13. The van der Waals surface area contributed by atoms with Crippen LogP contribution in [0.2, 0.25) is 5.15 Å². The highest BCUT2D eigenvalue weighted by Gasteiger charge is 2.07. The first-order valence-corrected chi connectivity index (χ1v) is 9.65. The normalized spacial score (nSPS) is 11.3. The molecule has 1 N–H and O–H groups in total. The molecule has 0 aliphatic rings. The van der Waals surface area contributed by atoms with E-state index in [0.29, 0.717) is 30.4 Å². The summed E-state index contributed by atoms with van der Waals surface area (Å²) in [4.78, 5) is 20.7. The summed E-state index contributed by atoms with van der Waals surface area (Å²) in [6.07, 6.45) is 7.40. The molecule has 4 aromatic rings. The molecule has 0 aliphatic carbocycles. The van der Waals surface area contributed by atoms with Crippen LogP contribution in [0.3, 0.4) is 0 Å². The van der Waals surface area contributed by atoms with Gasteiger partial charge in [0.2, 0.25) is 5.91 Å². The van der Waals surface area contributed by atoms with Gasteiger partial charge < -0.3 is 10.1 Å². The van der Waals surface area contributed by atoms with Gasteiger partial charge >= 0.3 is 0 Å². The van der Waals surface area contributed by atoms with E-state index in [2.05, 4.69) is 15.3 Å². The van der Waals surface area contributed by atoms with Crippen molar-refractivity contribution in [1.82, 2.24) is 19.7 Å². The predicted molar refractivity (Wildman–Crippen MR) is 114 cm³/mol. The van der Waals surface area contributed by atoms with E-state index >= 15 is 0 Å². The Morgan fingerprint density at radius 2 is 2.07 bits per heavy atom. The van der Waals surface area contributed by atoms with Gasteiger partial charge in [-0.25, -0.2) is 4.98 Å². The van der Waals surface area contributed by atoms with Gasteiger partial charge in [-0.1, -0.05) is 35.9 Å². The number of carbonyl (C=O) groups is 1. The van der Waals surface area contributed by atoms with E-state index in [1.165, 1.54) is 6.08 Å². The number of amides is 1. The lowest BCUT2D eigenvalue weighted by molar-refractivity contribution is -0.116. The van der Waals surface area contributed by atoms with Gasteiger partial charge in [-0.05, 0) is 36.8 Å². The first kappa shape index (κ1) is 19.0. The minimum atomic E-state index is -0.196. The Hall–Kier alpha value is -3.38. The number of imidazole rings is 1. The van der Waals surface area contributed by atoms with Crippen molar-refractivity contribution in [2.24, 2.45) is 0 Å². The second-order valence-corrected chi connectivity index (χ2v) is 6.73. The summed E-state index contributed by atoms with van der Waals surface area (Å²) in [5.41, 5.74) is 2.24. The maximum absolute atomic E-state index is 12.1. The summed E-state index contributed by atoms with van der Waals surface area (Å²) in [5.74, 6) is 0.551. The van der Waals surface area contributed by atoms with Crippen LogP contribution in [0, 0.1) is 0 Å². The molecule has 0 atom stereocenters. The second-order valence-electron chi connectivity index (χ2n) is 6.37. The molecule has 0 bridgehead atoms. The molecule has 3 heterocycles. The maximum atomic E-state index is 12.1. The molecular weight excluding hydrogens is 388 g/mol. The van der Waals surface area contributed by atoms with Gasteiger partial charge in [-0.2, -0.15) is 0 Å². The summed E-state index contributed by atoms with van der Waals surface area (Å²) in [6.45, 7) is 0.987. The van der Waals surface area contributed by atoms with Crippen molar-refractivity contribution >= 4 is 40.1 Å². The maximum Gasteiger partial charge on any atom is 0.244 e. The molecule has 3 aromatic heterocycles. The van der Waals surface area contributed by atoms with Crippen LogP contribution >= 0.6 is 11.6 Å². The van der Waals surface area contributed by atoms with Gasteiger partial charge in [0, 0.05) is 30.4 Å². The lowest BCUT2D eigenvalue weighted by atomic mass is 10.2. The van der Waals surface area contributed by atoms with E-state index < -0.39 is 0 Å². The number of aromatic nitrogens is 3. The van der Waals surface area contributed by atoms with E-state index in [-0.39, 0.29) is 5.91 Å². The fourth-order valence-electron chi connectivity index (χ4n) is 3.01. The number of carbonyl (C=O) groups excluding carboxylic acids is 1. The molecule has 0 aliphatic heterocycles. The van der Waals surface area contributed by atoms with Crippen molar-refractivity contribution in [1.29, 1.82) is 0 Å². The van der Waals surface area contributed by atoms with Crippen LogP contribution in [-0.4, -0.2) is 33.4 Å². The van der Waals surface area contributed by atoms with Crippen LogP contribution in [0.15, 0.2) is 67.0 Å². The largest absolute Gasteiger partial charge is 0.491 e. The first-order chi connectivity index (χ1) is 14.2. The number of fused-ring (bicyclic) bond motifs is 2. The van der Waals surface area contributed by atoms with Crippen molar-refractivity contribution < 1.29 is 9.53 Å². The number of nitrogens with one attached hydrogen (secondary N) is 1. The molecule has 29 heavy (non-hydrogen) atoms. The molecule has 0 radical (unpaired) electrons. The van der Waals surface area contributed by atoms with Crippen LogP contribution in [-0.2, 0) is 4.79 Å². The Bertz CT molecular complexity index is 1180. The Balaban J connectivity index is 1.27. The first-order valence-electron chi connectivity index (χ1n) is 9.27. The van der Waals surface area contributed by atoms with E-state index in [4.69, 9.17) is 16.3 Å². The summed E-state index contributed by atoms with van der Waals surface area (Å²) in [7, 11) is 0. The minimum absolute atomic E-state index is 0.196.